The topological polar surface area (TPSA) is 151 Å². The van der Waals surface area contributed by atoms with Crippen molar-refractivity contribution in [1.29, 1.82) is 0 Å². The van der Waals surface area contributed by atoms with Crippen LogP contribution in [0.25, 0.3) is 0 Å². The standard InChI is InChI=1S/C21H32N4O5/c1-13(2)10-16(19(28)29)25-18(27)15(11-14-8-6-5-7-9-14)24-17(26)12-23-20(30)21(3,4)22/h5-9,13,15-16H,10-12,22H2,1-4H3,(H,23,30)(H,24,26)(H,25,27)(H,28,29)/t15-,16-/m0/s1. The van der Waals surface area contributed by atoms with Crippen molar-refractivity contribution in [2.75, 3.05) is 6.54 Å². The summed E-state index contributed by atoms with van der Waals surface area (Å²) in [4.78, 5) is 48.4. The highest BCUT2D eigenvalue weighted by molar-refractivity contribution is 5.93. The van der Waals surface area contributed by atoms with Crippen LogP contribution < -0.4 is 21.7 Å². The fourth-order valence-corrected chi connectivity index (χ4v) is 2.66. The van der Waals surface area contributed by atoms with Crippen molar-refractivity contribution in [3.8, 4) is 0 Å². The van der Waals surface area contributed by atoms with E-state index in [0.717, 1.165) is 5.56 Å². The molecule has 166 valence electrons. The predicted molar refractivity (Wildman–Crippen MR) is 112 cm³/mol. The van der Waals surface area contributed by atoms with Crippen molar-refractivity contribution in [2.45, 2.75) is 58.2 Å². The van der Waals surface area contributed by atoms with Gasteiger partial charge in [0.05, 0.1) is 12.1 Å². The molecule has 0 bridgehead atoms. The smallest absolute Gasteiger partial charge is 0.326 e. The van der Waals surface area contributed by atoms with Crippen molar-refractivity contribution in [2.24, 2.45) is 11.7 Å². The molecule has 0 aliphatic carbocycles. The Morgan fingerprint density at radius 2 is 1.63 bits per heavy atom. The van der Waals surface area contributed by atoms with Crippen molar-refractivity contribution in [1.82, 2.24) is 16.0 Å². The average molecular weight is 421 g/mol. The number of rotatable bonds is 11. The fraction of sp³-hybridized carbons (Fsp3) is 0.524. The molecule has 0 saturated heterocycles. The van der Waals surface area contributed by atoms with E-state index in [2.05, 4.69) is 16.0 Å². The van der Waals surface area contributed by atoms with Gasteiger partial charge in [-0.15, -0.1) is 0 Å². The molecule has 6 N–H and O–H groups in total. The summed E-state index contributed by atoms with van der Waals surface area (Å²) in [5, 5.41) is 16.9. The average Bonchev–Trinajstić information content (AvgIpc) is 2.64. The predicted octanol–water partition coefficient (Wildman–Crippen LogP) is 0.183. The van der Waals surface area contributed by atoms with Gasteiger partial charge in [-0.3, -0.25) is 14.4 Å². The lowest BCUT2D eigenvalue weighted by Gasteiger charge is -2.23. The number of carbonyl (C=O) groups excluding carboxylic acids is 3. The molecular weight excluding hydrogens is 388 g/mol. The van der Waals surface area contributed by atoms with Crippen LogP contribution in [0.15, 0.2) is 30.3 Å². The molecule has 0 fully saturated rings. The highest BCUT2D eigenvalue weighted by atomic mass is 16.4. The normalized spacial score (nSPS) is 13.3. The SMILES string of the molecule is CC(C)C[C@H](NC(=O)[C@H](Cc1ccccc1)NC(=O)CNC(=O)C(C)(C)N)C(=O)O. The number of carboxylic acid groups (broad SMARTS) is 1. The zero-order chi connectivity index (χ0) is 22.9. The molecule has 0 heterocycles. The largest absolute Gasteiger partial charge is 0.480 e. The van der Waals surface area contributed by atoms with E-state index < -0.39 is 41.3 Å². The van der Waals surface area contributed by atoms with Crippen LogP contribution in [0.1, 0.15) is 39.7 Å². The lowest BCUT2D eigenvalue weighted by atomic mass is 10.0. The van der Waals surface area contributed by atoms with Gasteiger partial charge >= 0.3 is 5.97 Å². The quantitative estimate of drug-likeness (QED) is 0.345. The second-order valence-electron chi connectivity index (χ2n) is 8.24. The monoisotopic (exact) mass is 420 g/mol. The van der Waals surface area contributed by atoms with E-state index in [1.807, 2.05) is 19.9 Å². The summed E-state index contributed by atoms with van der Waals surface area (Å²) in [5.74, 6) is -2.78. The second kappa shape index (κ2) is 11.3. The maximum Gasteiger partial charge on any atom is 0.326 e. The fourth-order valence-electron chi connectivity index (χ4n) is 2.66. The molecule has 0 unspecified atom stereocenters. The molecule has 2 atom stereocenters. The van der Waals surface area contributed by atoms with Crippen LogP contribution in [0.2, 0.25) is 0 Å². The van der Waals surface area contributed by atoms with Crippen LogP contribution >= 0.6 is 0 Å². The minimum absolute atomic E-state index is 0.0587. The Morgan fingerprint density at radius 3 is 2.13 bits per heavy atom. The highest BCUT2D eigenvalue weighted by Gasteiger charge is 2.28. The van der Waals surface area contributed by atoms with E-state index in [-0.39, 0.29) is 25.3 Å². The number of nitrogens with two attached hydrogens (primary N) is 1. The van der Waals surface area contributed by atoms with Gasteiger partial charge in [0, 0.05) is 6.42 Å². The van der Waals surface area contributed by atoms with Gasteiger partial charge in [-0.05, 0) is 31.7 Å². The van der Waals surface area contributed by atoms with Crippen LogP contribution in [0.3, 0.4) is 0 Å². The molecule has 1 aromatic carbocycles. The zero-order valence-corrected chi connectivity index (χ0v) is 17.9. The Kier molecular flexibility index (Phi) is 9.45. The molecule has 0 saturated carbocycles. The van der Waals surface area contributed by atoms with Crippen LogP contribution in [0.4, 0.5) is 0 Å². The minimum atomic E-state index is -1.15. The number of hydrogen-bond acceptors (Lipinski definition) is 5. The number of hydrogen-bond donors (Lipinski definition) is 5. The van der Waals surface area contributed by atoms with E-state index in [4.69, 9.17) is 5.73 Å². The Labute approximate surface area is 176 Å². The van der Waals surface area contributed by atoms with Gasteiger partial charge in [-0.25, -0.2) is 4.79 Å². The number of benzene rings is 1. The molecule has 0 radical (unpaired) electrons. The van der Waals surface area contributed by atoms with E-state index in [0.29, 0.717) is 0 Å². The maximum atomic E-state index is 12.8. The van der Waals surface area contributed by atoms with Gasteiger partial charge < -0.3 is 26.8 Å². The first-order chi connectivity index (χ1) is 13.9. The van der Waals surface area contributed by atoms with E-state index >= 15 is 0 Å². The molecule has 0 spiro atoms. The zero-order valence-electron chi connectivity index (χ0n) is 17.9. The number of nitrogens with one attached hydrogen (secondary N) is 3. The lowest BCUT2D eigenvalue weighted by Crippen LogP contribution is -2.55. The Hall–Kier alpha value is -2.94. The molecule has 9 nitrogen and oxygen atoms in total. The molecule has 1 aromatic rings. The third-order valence-corrected chi connectivity index (χ3v) is 4.25. The second-order valence-corrected chi connectivity index (χ2v) is 8.24. The van der Waals surface area contributed by atoms with Gasteiger partial charge in [-0.1, -0.05) is 44.2 Å². The first kappa shape index (κ1) is 25.1. The lowest BCUT2D eigenvalue weighted by molar-refractivity contribution is -0.142. The molecule has 0 aliphatic rings. The molecule has 30 heavy (non-hydrogen) atoms. The van der Waals surface area contributed by atoms with Gasteiger partial charge in [0.2, 0.25) is 17.7 Å². The van der Waals surface area contributed by atoms with Gasteiger partial charge in [0.1, 0.15) is 12.1 Å². The van der Waals surface area contributed by atoms with Crippen LogP contribution in [-0.2, 0) is 25.6 Å². The number of carboxylic acids is 1. The summed E-state index contributed by atoms with van der Waals surface area (Å²) in [6, 6.07) is 6.96. The summed E-state index contributed by atoms with van der Waals surface area (Å²) < 4.78 is 0. The summed E-state index contributed by atoms with van der Waals surface area (Å²) in [6.07, 6.45) is 0.428. The maximum absolute atomic E-state index is 12.8. The summed E-state index contributed by atoms with van der Waals surface area (Å²) in [7, 11) is 0. The van der Waals surface area contributed by atoms with Gasteiger partial charge in [-0.2, -0.15) is 0 Å². The molecule has 9 heteroatoms. The van der Waals surface area contributed by atoms with Crippen LogP contribution in [0.5, 0.6) is 0 Å². The third-order valence-electron chi connectivity index (χ3n) is 4.25. The van der Waals surface area contributed by atoms with E-state index in [1.54, 1.807) is 24.3 Å². The first-order valence-corrected chi connectivity index (χ1v) is 9.83. The van der Waals surface area contributed by atoms with Crippen LogP contribution in [-0.4, -0.2) is 53.0 Å². The molecule has 1 rings (SSSR count). The van der Waals surface area contributed by atoms with Crippen LogP contribution in [0, 0.1) is 5.92 Å². The van der Waals surface area contributed by atoms with Gasteiger partial charge in [0.25, 0.3) is 0 Å². The highest BCUT2D eigenvalue weighted by Crippen LogP contribution is 2.08. The van der Waals surface area contributed by atoms with Crippen molar-refractivity contribution >= 4 is 23.7 Å². The first-order valence-electron chi connectivity index (χ1n) is 9.83. The third kappa shape index (κ3) is 9.04. The summed E-state index contributed by atoms with van der Waals surface area (Å²) >= 11 is 0. The van der Waals surface area contributed by atoms with E-state index in [1.165, 1.54) is 13.8 Å². The summed E-state index contributed by atoms with van der Waals surface area (Å²) in [5.41, 5.74) is 5.32. The molecule has 3 amide bonds. The Morgan fingerprint density at radius 1 is 1.03 bits per heavy atom. The number of aliphatic carboxylic acids is 1. The van der Waals surface area contributed by atoms with E-state index in [9.17, 15) is 24.3 Å². The molecule has 0 aromatic heterocycles. The minimum Gasteiger partial charge on any atom is -0.480 e. The number of carbonyl (C=O) groups is 4. The van der Waals surface area contributed by atoms with Gasteiger partial charge in [0.15, 0.2) is 0 Å². The van der Waals surface area contributed by atoms with Crippen molar-refractivity contribution in [3.63, 3.8) is 0 Å². The van der Waals surface area contributed by atoms with Crippen molar-refractivity contribution < 1.29 is 24.3 Å². The summed E-state index contributed by atoms with van der Waals surface area (Å²) in [6.45, 7) is 6.37. The van der Waals surface area contributed by atoms with Crippen molar-refractivity contribution in [3.05, 3.63) is 35.9 Å². The molecule has 0 aliphatic heterocycles. The Bertz CT molecular complexity index is 744. The Balaban J connectivity index is 2.88. The molecular formula is C21H32N4O5. The number of amides is 3.